The second kappa shape index (κ2) is 7.34. The Morgan fingerprint density at radius 2 is 2.22 bits per heavy atom. The third kappa shape index (κ3) is 5.98. The Hall–Kier alpha value is -1.13. The minimum absolute atomic E-state index is 0.0354. The zero-order valence-electron chi connectivity index (χ0n) is 11.1. The van der Waals surface area contributed by atoms with E-state index in [1.807, 2.05) is 24.1 Å². The van der Waals surface area contributed by atoms with Crippen LogP contribution < -0.4 is 5.32 Å². The molecule has 1 aromatic rings. The smallest absolute Gasteiger partial charge is 0.234 e. The molecule has 0 saturated carbocycles. The number of aromatic nitrogens is 1. The lowest BCUT2D eigenvalue weighted by atomic mass is 10.2. The second-order valence-electron chi connectivity index (χ2n) is 4.82. The lowest BCUT2D eigenvalue weighted by Crippen LogP contribution is -2.36. The zero-order chi connectivity index (χ0) is 13.5. The molecule has 0 bridgehead atoms. The van der Waals surface area contributed by atoms with Gasteiger partial charge in [0.1, 0.15) is 5.15 Å². The Labute approximate surface area is 113 Å². The highest BCUT2D eigenvalue weighted by molar-refractivity contribution is 6.29. The molecule has 0 atom stereocenters. The molecule has 5 heteroatoms. The molecular weight excluding hydrogens is 250 g/mol. The van der Waals surface area contributed by atoms with Crippen molar-refractivity contribution in [3.05, 3.63) is 29.0 Å². The lowest BCUT2D eigenvalue weighted by molar-refractivity contribution is -0.122. The Kier molecular flexibility index (Phi) is 6.09. The van der Waals surface area contributed by atoms with Gasteiger partial charge in [0.15, 0.2) is 0 Å². The number of likely N-dealkylation sites (N-methyl/N-ethyl adjacent to an activating group) is 1. The van der Waals surface area contributed by atoms with Crippen molar-refractivity contribution in [2.75, 3.05) is 20.1 Å². The van der Waals surface area contributed by atoms with Crippen molar-refractivity contribution in [1.82, 2.24) is 15.2 Å². The summed E-state index contributed by atoms with van der Waals surface area (Å²) in [6.45, 7) is 5.82. The zero-order valence-corrected chi connectivity index (χ0v) is 11.9. The van der Waals surface area contributed by atoms with E-state index in [0.29, 0.717) is 30.7 Å². The third-order valence-corrected chi connectivity index (χ3v) is 2.54. The fourth-order valence-corrected chi connectivity index (χ4v) is 1.67. The van der Waals surface area contributed by atoms with Gasteiger partial charge in [-0.25, -0.2) is 4.98 Å². The average Bonchev–Trinajstić information content (AvgIpc) is 2.26. The van der Waals surface area contributed by atoms with Crippen molar-refractivity contribution >= 4 is 17.5 Å². The number of nitrogens with zero attached hydrogens (tertiary/aromatic N) is 2. The fraction of sp³-hybridized carbons (Fsp3) is 0.538. The minimum Gasteiger partial charge on any atom is -0.355 e. The van der Waals surface area contributed by atoms with Gasteiger partial charge < -0.3 is 5.32 Å². The van der Waals surface area contributed by atoms with Crippen LogP contribution in [0.3, 0.4) is 0 Å². The first-order valence-corrected chi connectivity index (χ1v) is 6.42. The molecule has 0 unspecified atom stereocenters. The summed E-state index contributed by atoms with van der Waals surface area (Å²) in [6.07, 6.45) is 0. The molecule has 0 fully saturated rings. The monoisotopic (exact) mass is 269 g/mol. The van der Waals surface area contributed by atoms with E-state index in [1.54, 1.807) is 6.07 Å². The molecule has 100 valence electrons. The first-order chi connectivity index (χ1) is 8.47. The van der Waals surface area contributed by atoms with Gasteiger partial charge in [-0.1, -0.05) is 31.5 Å². The molecule has 1 aromatic heterocycles. The number of hydrogen-bond acceptors (Lipinski definition) is 3. The van der Waals surface area contributed by atoms with Gasteiger partial charge in [0.05, 0.1) is 12.2 Å². The minimum atomic E-state index is 0.0354. The molecular formula is C13H20ClN3O. The van der Waals surface area contributed by atoms with Crippen LogP contribution in [0, 0.1) is 5.92 Å². The fourth-order valence-electron chi connectivity index (χ4n) is 1.49. The molecule has 0 radical (unpaired) electrons. The van der Waals surface area contributed by atoms with Gasteiger partial charge in [-0.05, 0) is 25.1 Å². The van der Waals surface area contributed by atoms with Crippen molar-refractivity contribution in [2.45, 2.75) is 20.4 Å². The van der Waals surface area contributed by atoms with Crippen LogP contribution in [0.5, 0.6) is 0 Å². The molecule has 1 rings (SSSR count). The number of carbonyl (C=O) groups is 1. The van der Waals surface area contributed by atoms with Gasteiger partial charge in [0.25, 0.3) is 0 Å². The maximum Gasteiger partial charge on any atom is 0.234 e. The highest BCUT2D eigenvalue weighted by Crippen LogP contribution is 2.06. The van der Waals surface area contributed by atoms with Crippen molar-refractivity contribution in [2.24, 2.45) is 5.92 Å². The number of nitrogens with one attached hydrogen (secondary N) is 1. The molecule has 1 heterocycles. The normalized spacial score (nSPS) is 11.0. The van der Waals surface area contributed by atoms with Crippen LogP contribution in [0.25, 0.3) is 0 Å². The lowest BCUT2D eigenvalue weighted by Gasteiger charge is -2.16. The summed E-state index contributed by atoms with van der Waals surface area (Å²) < 4.78 is 0. The number of hydrogen-bond donors (Lipinski definition) is 1. The van der Waals surface area contributed by atoms with Gasteiger partial charge in [0.2, 0.25) is 5.91 Å². The second-order valence-corrected chi connectivity index (χ2v) is 5.21. The number of rotatable bonds is 6. The van der Waals surface area contributed by atoms with Gasteiger partial charge >= 0.3 is 0 Å². The van der Waals surface area contributed by atoms with Crippen LogP contribution in [0.4, 0.5) is 0 Å². The van der Waals surface area contributed by atoms with Gasteiger partial charge in [-0.3, -0.25) is 9.69 Å². The predicted molar refractivity (Wildman–Crippen MR) is 73.4 cm³/mol. The molecule has 0 aliphatic heterocycles. The quantitative estimate of drug-likeness (QED) is 0.803. The van der Waals surface area contributed by atoms with Crippen LogP contribution in [0.2, 0.25) is 5.15 Å². The van der Waals surface area contributed by atoms with E-state index >= 15 is 0 Å². The summed E-state index contributed by atoms with van der Waals surface area (Å²) in [5.41, 5.74) is 0.863. The van der Waals surface area contributed by atoms with Crippen LogP contribution in [0.1, 0.15) is 19.5 Å². The highest BCUT2D eigenvalue weighted by Gasteiger charge is 2.08. The number of amides is 1. The van der Waals surface area contributed by atoms with Gasteiger partial charge in [-0.2, -0.15) is 0 Å². The van der Waals surface area contributed by atoms with Gasteiger partial charge in [0, 0.05) is 13.1 Å². The average molecular weight is 270 g/mol. The molecule has 0 saturated heterocycles. The molecule has 1 amide bonds. The Morgan fingerprint density at radius 3 is 2.83 bits per heavy atom. The number of carbonyl (C=O) groups excluding carboxylic acids is 1. The largest absolute Gasteiger partial charge is 0.355 e. The summed E-state index contributed by atoms with van der Waals surface area (Å²) in [5.74, 6) is 0.502. The van der Waals surface area contributed by atoms with Gasteiger partial charge in [-0.15, -0.1) is 0 Å². The van der Waals surface area contributed by atoms with E-state index < -0.39 is 0 Å². The van der Waals surface area contributed by atoms with Crippen molar-refractivity contribution in [1.29, 1.82) is 0 Å². The molecule has 0 aromatic carbocycles. The first kappa shape index (κ1) is 14.9. The molecule has 18 heavy (non-hydrogen) atoms. The van der Waals surface area contributed by atoms with E-state index in [2.05, 4.69) is 24.1 Å². The van der Waals surface area contributed by atoms with Crippen molar-refractivity contribution in [3.63, 3.8) is 0 Å². The van der Waals surface area contributed by atoms with Crippen molar-refractivity contribution < 1.29 is 4.79 Å². The summed E-state index contributed by atoms with van der Waals surface area (Å²) >= 11 is 5.81. The van der Waals surface area contributed by atoms with E-state index in [0.717, 1.165) is 5.69 Å². The van der Waals surface area contributed by atoms with E-state index in [1.165, 1.54) is 0 Å². The maximum absolute atomic E-state index is 11.6. The van der Waals surface area contributed by atoms with Crippen LogP contribution in [0.15, 0.2) is 18.2 Å². The standard InChI is InChI=1S/C13H20ClN3O/c1-10(2)7-15-13(18)9-17(3)8-11-5-4-6-12(14)16-11/h4-6,10H,7-9H2,1-3H3,(H,15,18). The van der Waals surface area contributed by atoms with Crippen LogP contribution >= 0.6 is 11.6 Å². The highest BCUT2D eigenvalue weighted by atomic mass is 35.5. The van der Waals surface area contributed by atoms with Crippen LogP contribution in [-0.2, 0) is 11.3 Å². The SMILES string of the molecule is CC(C)CNC(=O)CN(C)Cc1cccc(Cl)n1. The molecule has 0 aliphatic carbocycles. The molecule has 4 nitrogen and oxygen atoms in total. The summed E-state index contributed by atoms with van der Waals surface area (Å²) in [5, 5.41) is 3.36. The Morgan fingerprint density at radius 1 is 1.50 bits per heavy atom. The Bertz CT molecular complexity index is 396. The van der Waals surface area contributed by atoms with E-state index in [-0.39, 0.29) is 5.91 Å². The first-order valence-electron chi connectivity index (χ1n) is 6.04. The topological polar surface area (TPSA) is 45.2 Å². The Balaban J connectivity index is 2.37. The van der Waals surface area contributed by atoms with E-state index in [4.69, 9.17) is 11.6 Å². The third-order valence-electron chi connectivity index (χ3n) is 2.33. The number of halogens is 1. The summed E-state index contributed by atoms with van der Waals surface area (Å²) in [6, 6.07) is 5.49. The van der Waals surface area contributed by atoms with Crippen LogP contribution in [-0.4, -0.2) is 35.9 Å². The molecule has 0 spiro atoms. The summed E-state index contributed by atoms with van der Waals surface area (Å²) in [4.78, 5) is 17.7. The number of pyridine rings is 1. The molecule has 0 aliphatic rings. The maximum atomic E-state index is 11.6. The van der Waals surface area contributed by atoms with E-state index in [9.17, 15) is 4.79 Å². The predicted octanol–water partition coefficient (Wildman–Crippen LogP) is 1.94. The summed E-state index contributed by atoms with van der Waals surface area (Å²) in [7, 11) is 1.89. The van der Waals surface area contributed by atoms with Crippen molar-refractivity contribution in [3.8, 4) is 0 Å². The molecule has 1 N–H and O–H groups in total.